The third-order valence-electron chi connectivity index (χ3n) is 2.66. The molecule has 0 spiro atoms. The van der Waals surface area contributed by atoms with E-state index < -0.39 is 0 Å². The summed E-state index contributed by atoms with van der Waals surface area (Å²) in [5, 5.41) is 7.86. The van der Waals surface area contributed by atoms with Gasteiger partial charge in [0.05, 0.1) is 22.8 Å². The summed E-state index contributed by atoms with van der Waals surface area (Å²) < 4.78 is 5.09. The minimum absolute atomic E-state index is 0.418. The first kappa shape index (κ1) is 11.8. The fourth-order valence-electron chi connectivity index (χ4n) is 1.79. The molecule has 1 fully saturated rings. The van der Waals surface area contributed by atoms with Crippen molar-refractivity contribution in [1.29, 1.82) is 0 Å². The van der Waals surface area contributed by atoms with Crippen LogP contribution in [0.1, 0.15) is 6.42 Å². The highest BCUT2D eigenvalue weighted by Crippen LogP contribution is 2.34. The van der Waals surface area contributed by atoms with E-state index in [1.807, 2.05) is 0 Å². The molecule has 1 heterocycles. The number of rotatable bonds is 3. The second kappa shape index (κ2) is 5.13. The molecule has 0 aromatic heterocycles. The Labute approximate surface area is 105 Å². The predicted octanol–water partition coefficient (Wildman–Crippen LogP) is 2.78. The molecule has 1 saturated heterocycles. The van der Waals surface area contributed by atoms with E-state index in [1.165, 1.54) is 0 Å². The van der Waals surface area contributed by atoms with Crippen molar-refractivity contribution in [2.24, 2.45) is 0 Å². The Morgan fingerprint density at radius 2 is 2.19 bits per heavy atom. The normalized spacial score (nSPS) is 19.8. The topological polar surface area (TPSA) is 33.3 Å². The number of anilines is 1. The van der Waals surface area contributed by atoms with Crippen molar-refractivity contribution in [3.05, 3.63) is 22.2 Å². The van der Waals surface area contributed by atoms with Crippen LogP contribution in [0.15, 0.2) is 12.1 Å². The highest BCUT2D eigenvalue weighted by Gasteiger charge is 2.16. The molecule has 0 aliphatic carbocycles. The molecule has 2 N–H and O–H groups in total. The minimum Gasteiger partial charge on any atom is -0.495 e. The molecule has 1 aromatic rings. The van der Waals surface area contributed by atoms with Crippen LogP contribution in [0, 0.1) is 0 Å². The maximum atomic E-state index is 6.14. The van der Waals surface area contributed by atoms with Crippen molar-refractivity contribution < 1.29 is 4.74 Å². The van der Waals surface area contributed by atoms with Gasteiger partial charge in [0.25, 0.3) is 0 Å². The number of ether oxygens (including phenoxy) is 1. The van der Waals surface area contributed by atoms with E-state index in [-0.39, 0.29) is 0 Å². The summed E-state index contributed by atoms with van der Waals surface area (Å²) in [6, 6.07) is 3.96. The monoisotopic (exact) mass is 260 g/mol. The molecule has 0 saturated carbocycles. The quantitative estimate of drug-likeness (QED) is 0.877. The Bertz CT molecular complexity index is 378. The molecule has 1 unspecified atom stereocenters. The zero-order valence-corrected chi connectivity index (χ0v) is 10.5. The van der Waals surface area contributed by atoms with E-state index in [0.29, 0.717) is 21.8 Å². The largest absolute Gasteiger partial charge is 0.495 e. The number of hydrogen-bond donors (Lipinski definition) is 2. The summed E-state index contributed by atoms with van der Waals surface area (Å²) in [5.41, 5.74) is 0.862. The Balaban J connectivity index is 2.17. The molecule has 3 nitrogen and oxygen atoms in total. The molecule has 0 bridgehead atoms. The lowest BCUT2D eigenvalue weighted by Crippen LogP contribution is -2.22. The van der Waals surface area contributed by atoms with Crippen molar-refractivity contribution in [3.63, 3.8) is 0 Å². The molecule has 16 heavy (non-hydrogen) atoms. The van der Waals surface area contributed by atoms with E-state index >= 15 is 0 Å². The van der Waals surface area contributed by atoms with Crippen molar-refractivity contribution in [3.8, 4) is 5.75 Å². The predicted molar refractivity (Wildman–Crippen MR) is 67.9 cm³/mol. The van der Waals surface area contributed by atoms with Crippen LogP contribution in [-0.2, 0) is 0 Å². The van der Waals surface area contributed by atoms with Crippen LogP contribution in [0.5, 0.6) is 5.75 Å². The first-order chi connectivity index (χ1) is 7.70. The lowest BCUT2D eigenvalue weighted by molar-refractivity contribution is 0.415. The molecule has 88 valence electrons. The van der Waals surface area contributed by atoms with E-state index in [1.54, 1.807) is 19.2 Å². The van der Waals surface area contributed by atoms with Gasteiger partial charge in [-0.25, -0.2) is 0 Å². The average molecular weight is 261 g/mol. The Kier molecular flexibility index (Phi) is 3.79. The van der Waals surface area contributed by atoms with Crippen molar-refractivity contribution in [2.45, 2.75) is 12.5 Å². The molecule has 2 rings (SSSR count). The number of methoxy groups -OCH3 is 1. The number of hydrogen-bond acceptors (Lipinski definition) is 3. The molecular weight excluding hydrogens is 247 g/mol. The molecule has 1 aromatic carbocycles. The smallest absolute Gasteiger partial charge is 0.139 e. The third-order valence-corrected chi connectivity index (χ3v) is 3.27. The van der Waals surface area contributed by atoms with Gasteiger partial charge in [0.2, 0.25) is 0 Å². The first-order valence-corrected chi connectivity index (χ1v) is 5.96. The van der Waals surface area contributed by atoms with Crippen LogP contribution >= 0.6 is 23.2 Å². The van der Waals surface area contributed by atoms with E-state index in [0.717, 1.165) is 25.2 Å². The van der Waals surface area contributed by atoms with Crippen LogP contribution in [0.4, 0.5) is 5.69 Å². The highest BCUT2D eigenvalue weighted by atomic mass is 35.5. The summed E-state index contributed by atoms with van der Waals surface area (Å²) in [6.45, 7) is 2.00. The van der Waals surface area contributed by atoms with Gasteiger partial charge >= 0.3 is 0 Å². The summed E-state index contributed by atoms with van der Waals surface area (Å²) in [6.07, 6.45) is 1.10. The molecule has 5 heteroatoms. The number of nitrogens with one attached hydrogen (secondary N) is 2. The average Bonchev–Trinajstić information content (AvgIpc) is 2.75. The van der Waals surface area contributed by atoms with Crippen LogP contribution in [0.2, 0.25) is 10.0 Å². The second-order valence-corrected chi connectivity index (χ2v) is 4.62. The molecule has 0 radical (unpaired) electrons. The SMILES string of the molecule is COc1cc(Cl)c(NC2CCNC2)cc1Cl. The van der Waals surface area contributed by atoms with Crippen molar-refractivity contribution in [2.75, 3.05) is 25.5 Å². The van der Waals surface area contributed by atoms with Gasteiger partial charge in [-0.1, -0.05) is 23.2 Å². The van der Waals surface area contributed by atoms with Crippen molar-refractivity contribution >= 4 is 28.9 Å². The van der Waals surface area contributed by atoms with Gasteiger partial charge in [-0.05, 0) is 19.0 Å². The third kappa shape index (κ3) is 2.54. The lowest BCUT2D eigenvalue weighted by Gasteiger charge is -2.15. The molecular formula is C11H14Cl2N2O. The molecule has 1 aliphatic heterocycles. The second-order valence-electron chi connectivity index (χ2n) is 3.80. The Hall–Kier alpha value is -0.640. The summed E-state index contributed by atoms with van der Waals surface area (Å²) in [7, 11) is 1.57. The fraction of sp³-hybridized carbons (Fsp3) is 0.455. The first-order valence-electron chi connectivity index (χ1n) is 5.21. The van der Waals surface area contributed by atoms with Gasteiger partial charge in [0.15, 0.2) is 0 Å². The summed E-state index contributed by atoms with van der Waals surface area (Å²) >= 11 is 12.2. The standard InChI is InChI=1S/C11H14Cl2N2O/c1-16-11-5-8(12)10(4-9(11)13)15-7-2-3-14-6-7/h4-5,7,14-15H,2-3,6H2,1H3. The Morgan fingerprint density at radius 3 is 2.81 bits per heavy atom. The molecule has 1 aliphatic rings. The number of halogens is 2. The van der Waals surface area contributed by atoms with Gasteiger partial charge < -0.3 is 15.4 Å². The van der Waals surface area contributed by atoms with Crippen LogP contribution in [0.25, 0.3) is 0 Å². The zero-order valence-electron chi connectivity index (χ0n) is 9.02. The highest BCUT2D eigenvalue weighted by molar-refractivity contribution is 6.36. The summed E-state index contributed by atoms with van der Waals surface area (Å²) in [4.78, 5) is 0. The minimum atomic E-state index is 0.418. The number of benzene rings is 1. The fourth-order valence-corrected chi connectivity index (χ4v) is 2.24. The zero-order chi connectivity index (χ0) is 11.5. The Morgan fingerprint density at radius 1 is 1.38 bits per heavy atom. The van der Waals surface area contributed by atoms with Gasteiger partial charge in [-0.3, -0.25) is 0 Å². The van der Waals surface area contributed by atoms with Gasteiger partial charge in [0, 0.05) is 18.7 Å². The van der Waals surface area contributed by atoms with Crippen molar-refractivity contribution in [1.82, 2.24) is 5.32 Å². The van der Waals surface area contributed by atoms with E-state index in [9.17, 15) is 0 Å². The van der Waals surface area contributed by atoms with E-state index in [4.69, 9.17) is 27.9 Å². The molecule has 0 amide bonds. The van der Waals surface area contributed by atoms with Gasteiger partial charge in [-0.2, -0.15) is 0 Å². The molecule has 1 atom stereocenters. The maximum absolute atomic E-state index is 6.14. The van der Waals surface area contributed by atoms with Gasteiger partial charge in [0.1, 0.15) is 5.75 Å². The van der Waals surface area contributed by atoms with Crippen LogP contribution < -0.4 is 15.4 Å². The van der Waals surface area contributed by atoms with Crippen LogP contribution in [0.3, 0.4) is 0 Å². The van der Waals surface area contributed by atoms with E-state index in [2.05, 4.69) is 10.6 Å². The lowest BCUT2D eigenvalue weighted by atomic mass is 10.2. The maximum Gasteiger partial charge on any atom is 0.139 e. The summed E-state index contributed by atoms with van der Waals surface area (Å²) in [5.74, 6) is 0.599. The van der Waals surface area contributed by atoms with Gasteiger partial charge in [-0.15, -0.1) is 0 Å². The van der Waals surface area contributed by atoms with Crippen LogP contribution in [-0.4, -0.2) is 26.2 Å².